The molecular weight excluding hydrogens is 406 g/mol. The number of hydrogen-bond donors (Lipinski definition) is 0. The Labute approximate surface area is 187 Å². The number of ether oxygens (including phenoxy) is 3. The zero-order chi connectivity index (χ0) is 22.8. The number of aliphatic imine (C=N–C) groups is 1. The Kier molecular flexibility index (Phi) is 6.12. The normalized spacial score (nSPS) is 22.7. The highest BCUT2D eigenvalue weighted by Gasteiger charge is 2.44. The molecular formula is C26H27NO5. The first-order valence-electron chi connectivity index (χ1n) is 10.6. The Hall–Kier alpha value is -3.41. The van der Waals surface area contributed by atoms with Crippen molar-refractivity contribution in [2.75, 3.05) is 21.3 Å². The molecule has 1 aliphatic carbocycles. The van der Waals surface area contributed by atoms with Gasteiger partial charge in [-0.1, -0.05) is 36.4 Å². The number of esters is 1. The molecule has 32 heavy (non-hydrogen) atoms. The highest BCUT2D eigenvalue weighted by molar-refractivity contribution is 6.09. The van der Waals surface area contributed by atoms with E-state index in [1.807, 2.05) is 49.4 Å². The van der Waals surface area contributed by atoms with Crippen LogP contribution in [0.15, 0.2) is 64.8 Å². The van der Waals surface area contributed by atoms with Crippen molar-refractivity contribution in [2.45, 2.75) is 31.6 Å². The summed E-state index contributed by atoms with van der Waals surface area (Å²) in [6.45, 7) is 1.83. The maximum atomic E-state index is 13.5. The Bertz CT molecular complexity index is 1100. The number of benzene rings is 2. The van der Waals surface area contributed by atoms with Gasteiger partial charge < -0.3 is 14.2 Å². The molecule has 2 aromatic rings. The summed E-state index contributed by atoms with van der Waals surface area (Å²) in [6.07, 6.45) is 1.04. The summed E-state index contributed by atoms with van der Waals surface area (Å²) in [7, 11) is 4.49. The molecule has 166 valence electrons. The van der Waals surface area contributed by atoms with Crippen molar-refractivity contribution in [3.8, 4) is 11.5 Å². The van der Waals surface area contributed by atoms with Crippen LogP contribution in [-0.4, -0.2) is 38.8 Å². The Morgan fingerprint density at radius 2 is 1.66 bits per heavy atom. The second-order valence-electron chi connectivity index (χ2n) is 8.15. The first-order valence-corrected chi connectivity index (χ1v) is 10.6. The van der Waals surface area contributed by atoms with Crippen LogP contribution in [0.5, 0.6) is 11.5 Å². The lowest BCUT2D eigenvalue weighted by Gasteiger charge is -2.36. The molecule has 0 radical (unpaired) electrons. The summed E-state index contributed by atoms with van der Waals surface area (Å²) in [5.74, 6) is -0.352. The molecule has 6 nitrogen and oxygen atoms in total. The van der Waals surface area contributed by atoms with Crippen LogP contribution in [0.25, 0.3) is 0 Å². The number of rotatable bonds is 5. The average Bonchev–Trinajstić information content (AvgIpc) is 2.82. The van der Waals surface area contributed by atoms with Gasteiger partial charge >= 0.3 is 5.97 Å². The number of hydrogen-bond acceptors (Lipinski definition) is 6. The van der Waals surface area contributed by atoms with Crippen molar-refractivity contribution in [3.63, 3.8) is 0 Å². The van der Waals surface area contributed by atoms with E-state index in [1.165, 1.54) is 7.11 Å². The molecule has 0 bridgehead atoms. The molecule has 2 aliphatic rings. The fourth-order valence-corrected chi connectivity index (χ4v) is 4.86. The number of allylic oxidation sites excluding steroid dienone is 2. The van der Waals surface area contributed by atoms with Gasteiger partial charge in [-0.15, -0.1) is 0 Å². The molecule has 6 heteroatoms. The SMILES string of the molecule is COC(=O)C1C(C)=NC2=C(C(=O)C[C@@H](c3ccccc3)C2)[C@H]1c1ccc(OC)c(OC)c1. The minimum atomic E-state index is -0.672. The van der Waals surface area contributed by atoms with E-state index in [4.69, 9.17) is 19.2 Å². The highest BCUT2D eigenvalue weighted by atomic mass is 16.5. The summed E-state index contributed by atoms with van der Waals surface area (Å²) in [5, 5.41) is 0. The fourth-order valence-electron chi connectivity index (χ4n) is 4.86. The molecule has 2 aromatic carbocycles. The molecule has 0 amide bonds. The van der Waals surface area contributed by atoms with E-state index in [0.717, 1.165) is 16.8 Å². The van der Waals surface area contributed by atoms with E-state index in [2.05, 4.69) is 0 Å². The van der Waals surface area contributed by atoms with Gasteiger partial charge in [0.15, 0.2) is 17.3 Å². The molecule has 4 rings (SSSR count). The highest BCUT2D eigenvalue weighted by Crippen LogP contribution is 2.47. The number of carbonyl (C=O) groups excluding carboxylic acids is 2. The summed E-state index contributed by atoms with van der Waals surface area (Å²) in [6, 6.07) is 15.5. The lowest BCUT2D eigenvalue weighted by molar-refractivity contribution is -0.143. The van der Waals surface area contributed by atoms with Gasteiger partial charge in [-0.3, -0.25) is 14.6 Å². The smallest absolute Gasteiger partial charge is 0.315 e. The first-order chi connectivity index (χ1) is 15.5. The van der Waals surface area contributed by atoms with Gasteiger partial charge in [0.25, 0.3) is 0 Å². The van der Waals surface area contributed by atoms with E-state index in [-0.39, 0.29) is 11.7 Å². The van der Waals surface area contributed by atoms with Crippen LogP contribution < -0.4 is 9.47 Å². The van der Waals surface area contributed by atoms with Gasteiger partial charge in [-0.05, 0) is 42.5 Å². The fraction of sp³-hybridized carbons (Fsp3) is 0.346. The number of Topliss-reactive ketones (excluding diaryl/α,β-unsaturated/α-hetero) is 1. The molecule has 0 saturated heterocycles. The molecule has 3 atom stereocenters. The maximum Gasteiger partial charge on any atom is 0.315 e. The van der Waals surface area contributed by atoms with Crippen molar-refractivity contribution >= 4 is 17.5 Å². The van der Waals surface area contributed by atoms with Crippen LogP contribution in [0.1, 0.15) is 42.7 Å². The van der Waals surface area contributed by atoms with Crippen molar-refractivity contribution in [2.24, 2.45) is 10.9 Å². The van der Waals surface area contributed by atoms with Crippen molar-refractivity contribution in [3.05, 3.63) is 70.9 Å². The molecule has 0 N–H and O–H groups in total. The maximum absolute atomic E-state index is 13.5. The largest absolute Gasteiger partial charge is 0.493 e. The van der Waals surface area contributed by atoms with Crippen LogP contribution in [0.3, 0.4) is 0 Å². The standard InChI is InChI=1S/C26H27NO5/c1-15-23(26(29)32-4)24(17-10-11-21(30-2)22(14-17)31-3)25-19(27-15)12-18(13-20(25)28)16-8-6-5-7-9-16/h5-11,14,18,23-24H,12-13H2,1-4H3/t18-,23?,24-/m0/s1. The lowest BCUT2D eigenvalue weighted by atomic mass is 9.69. The van der Waals surface area contributed by atoms with E-state index in [0.29, 0.717) is 35.6 Å². The van der Waals surface area contributed by atoms with Crippen LogP contribution in [0.4, 0.5) is 0 Å². The molecule has 0 saturated carbocycles. The van der Waals surface area contributed by atoms with E-state index in [1.54, 1.807) is 20.3 Å². The second-order valence-corrected chi connectivity index (χ2v) is 8.15. The Morgan fingerprint density at radius 1 is 0.938 bits per heavy atom. The number of ketones is 1. The van der Waals surface area contributed by atoms with Crippen LogP contribution >= 0.6 is 0 Å². The minimum Gasteiger partial charge on any atom is -0.493 e. The van der Waals surface area contributed by atoms with Gasteiger partial charge in [0.05, 0.1) is 21.3 Å². The molecule has 1 aliphatic heterocycles. The Morgan fingerprint density at radius 3 is 2.31 bits per heavy atom. The van der Waals surface area contributed by atoms with Crippen LogP contribution in [-0.2, 0) is 14.3 Å². The molecule has 0 spiro atoms. The summed E-state index contributed by atoms with van der Waals surface area (Å²) < 4.78 is 16.0. The Balaban J connectivity index is 1.84. The van der Waals surface area contributed by atoms with Crippen molar-refractivity contribution in [1.29, 1.82) is 0 Å². The average molecular weight is 434 g/mol. The second kappa shape index (κ2) is 8.99. The molecule has 0 fully saturated rings. The van der Waals surface area contributed by atoms with Gasteiger partial charge in [0.1, 0.15) is 5.92 Å². The quantitative estimate of drug-likeness (QED) is 0.651. The number of nitrogens with zero attached hydrogens (tertiary/aromatic N) is 1. The summed E-state index contributed by atoms with van der Waals surface area (Å²) >= 11 is 0. The van der Waals surface area contributed by atoms with Gasteiger partial charge in [-0.25, -0.2) is 0 Å². The molecule has 0 aromatic heterocycles. The van der Waals surface area contributed by atoms with E-state index >= 15 is 0 Å². The summed E-state index contributed by atoms with van der Waals surface area (Å²) in [4.78, 5) is 31.1. The monoisotopic (exact) mass is 433 g/mol. The van der Waals surface area contributed by atoms with E-state index < -0.39 is 17.8 Å². The molecule has 1 heterocycles. The van der Waals surface area contributed by atoms with Gasteiger partial charge in [0, 0.05) is 29.3 Å². The van der Waals surface area contributed by atoms with E-state index in [9.17, 15) is 9.59 Å². The number of carbonyl (C=O) groups is 2. The van der Waals surface area contributed by atoms with Crippen molar-refractivity contribution in [1.82, 2.24) is 0 Å². The third kappa shape index (κ3) is 3.81. The third-order valence-electron chi connectivity index (χ3n) is 6.38. The van der Waals surface area contributed by atoms with Crippen molar-refractivity contribution < 1.29 is 23.8 Å². The molecule has 1 unspecified atom stereocenters. The first kappa shape index (κ1) is 21.8. The predicted octanol–water partition coefficient (Wildman–Crippen LogP) is 4.45. The minimum absolute atomic E-state index is 0.0186. The zero-order valence-corrected chi connectivity index (χ0v) is 18.8. The van der Waals surface area contributed by atoms with Gasteiger partial charge in [-0.2, -0.15) is 0 Å². The number of methoxy groups -OCH3 is 3. The zero-order valence-electron chi connectivity index (χ0n) is 18.8. The lowest BCUT2D eigenvalue weighted by Crippen LogP contribution is -2.37. The predicted molar refractivity (Wildman–Crippen MR) is 121 cm³/mol. The topological polar surface area (TPSA) is 74.2 Å². The van der Waals surface area contributed by atoms with Crippen LogP contribution in [0.2, 0.25) is 0 Å². The summed E-state index contributed by atoms with van der Waals surface area (Å²) in [5.41, 5.74) is 3.93. The van der Waals surface area contributed by atoms with Gasteiger partial charge in [0.2, 0.25) is 0 Å². The third-order valence-corrected chi connectivity index (χ3v) is 6.38. The van der Waals surface area contributed by atoms with Crippen LogP contribution in [0, 0.1) is 5.92 Å².